The number of carbonyl (C=O) groups excluding carboxylic acids is 1. The topological polar surface area (TPSA) is 49.3 Å². The van der Waals surface area contributed by atoms with Crippen LogP contribution in [0, 0.1) is 11.6 Å². The third-order valence-electron chi connectivity index (χ3n) is 5.21. The predicted molar refractivity (Wildman–Crippen MR) is 92.8 cm³/mol. The van der Waals surface area contributed by atoms with Gasteiger partial charge in [0.15, 0.2) is 5.82 Å². The Morgan fingerprint density at radius 3 is 2.42 bits per heavy atom. The number of rotatable bonds is 6. The smallest absolute Gasteiger partial charge is 0.225 e. The molecule has 0 N–H and O–H groups in total. The van der Waals surface area contributed by atoms with Crippen molar-refractivity contribution in [1.82, 2.24) is 14.9 Å². The first-order valence-electron chi connectivity index (χ1n) is 8.83. The second-order valence-electron chi connectivity index (χ2n) is 6.98. The monoisotopic (exact) mass is 358 g/mol. The minimum Gasteiger partial charge on any atom is -0.335 e. The number of piperazine rings is 1. The van der Waals surface area contributed by atoms with Crippen LogP contribution in [0.2, 0.25) is 0 Å². The van der Waals surface area contributed by atoms with Gasteiger partial charge in [0, 0.05) is 44.6 Å². The summed E-state index contributed by atoms with van der Waals surface area (Å²) in [6.07, 6.45) is 4.25. The summed E-state index contributed by atoms with van der Waals surface area (Å²) in [6, 6.07) is 6.78. The van der Waals surface area contributed by atoms with E-state index in [0.717, 1.165) is 31.6 Å². The maximum Gasteiger partial charge on any atom is 0.225 e. The summed E-state index contributed by atoms with van der Waals surface area (Å²) >= 11 is 0. The Bertz CT molecular complexity index is 781. The van der Waals surface area contributed by atoms with Crippen LogP contribution in [0.15, 0.2) is 36.7 Å². The van der Waals surface area contributed by atoms with Crippen LogP contribution in [-0.2, 0) is 11.2 Å². The highest BCUT2D eigenvalue weighted by Gasteiger charge is 2.43. The molecule has 5 nitrogen and oxygen atoms in total. The van der Waals surface area contributed by atoms with Gasteiger partial charge in [-0.2, -0.15) is 0 Å². The number of likely N-dealkylation sites (tertiary alicyclic amines) is 1. The summed E-state index contributed by atoms with van der Waals surface area (Å²) in [5.74, 6) is 0.0208. The number of aromatic nitrogens is 2. The molecule has 0 unspecified atom stereocenters. The van der Waals surface area contributed by atoms with Crippen LogP contribution in [0.5, 0.6) is 0 Å². The molecule has 2 aromatic rings. The lowest BCUT2D eigenvalue weighted by Gasteiger charge is -2.34. The molecule has 2 aliphatic heterocycles. The maximum atomic E-state index is 13.0. The average molecular weight is 358 g/mol. The Balaban J connectivity index is 1.27. The van der Waals surface area contributed by atoms with Crippen LogP contribution < -0.4 is 4.90 Å². The fourth-order valence-electron chi connectivity index (χ4n) is 3.91. The SMILES string of the molecule is O=C(CCN1C[C@@H]2C[C@H]1CN2c1ncc(F)cn1)Cc1ccc(F)cc1. The molecular weight excluding hydrogens is 338 g/mol. The van der Waals surface area contributed by atoms with Crippen molar-refractivity contribution < 1.29 is 13.6 Å². The van der Waals surface area contributed by atoms with Gasteiger partial charge in [-0.05, 0) is 24.1 Å². The average Bonchev–Trinajstić information content (AvgIpc) is 3.23. The van der Waals surface area contributed by atoms with E-state index < -0.39 is 5.82 Å². The summed E-state index contributed by atoms with van der Waals surface area (Å²) in [4.78, 5) is 24.8. The summed E-state index contributed by atoms with van der Waals surface area (Å²) in [5.41, 5.74) is 0.846. The van der Waals surface area contributed by atoms with Crippen LogP contribution in [0.1, 0.15) is 18.4 Å². The second-order valence-corrected chi connectivity index (χ2v) is 6.98. The third kappa shape index (κ3) is 3.58. The fourth-order valence-corrected chi connectivity index (χ4v) is 3.91. The number of carbonyl (C=O) groups is 1. The van der Waals surface area contributed by atoms with E-state index in [4.69, 9.17) is 0 Å². The molecule has 1 aromatic carbocycles. The molecule has 0 spiro atoms. The largest absolute Gasteiger partial charge is 0.335 e. The van der Waals surface area contributed by atoms with Gasteiger partial charge < -0.3 is 4.90 Å². The van der Waals surface area contributed by atoms with E-state index in [1.54, 1.807) is 12.1 Å². The van der Waals surface area contributed by atoms with Gasteiger partial charge >= 0.3 is 0 Å². The Hall–Kier alpha value is -2.41. The molecule has 2 saturated heterocycles. The highest BCUT2D eigenvalue weighted by atomic mass is 19.1. The Kier molecular flexibility index (Phi) is 4.63. The van der Waals surface area contributed by atoms with Gasteiger partial charge in [0.25, 0.3) is 0 Å². The van der Waals surface area contributed by atoms with Gasteiger partial charge in [-0.15, -0.1) is 0 Å². The van der Waals surface area contributed by atoms with Gasteiger partial charge in [-0.1, -0.05) is 12.1 Å². The van der Waals surface area contributed by atoms with Crippen molar-refractivity contribution in [2.24, 2.45) is 0 Å². The number of Topliss-reactive ketones (excluding diaryl/α,β-unsaturated/α-hetero) is 1. The molecule has 0 amide bonds. The van der Waals surface area contributed by atoms with Gasteiger partial charge in [0.1, 0.15) is 11.6 Å². The molecule has 26 heavy (non-hydrogen) atoms. The molecule has 4 rings (SSSR count). The van der Waals surface area contributed by atoms with Crippen molar-refractivity contribution in [3.8, 4) is 0 Å². The molecule has 136 valence electrons. The lowest BCUT2D eigenvalue weighted by atomic mass is 10.1. The molecule has 2 bridgehead atoms. The lowest BCUT2D eigenvalue weighted by Crippen LogP contribution is -2.47. The van der Waals surface area contributed by atoms with Crippen molar-refractivity contribution in [1.29, 1.82) is 0 Å². The number of anilines is 1. The van der Waals surface area contributed by atoms with Crippen LogP contribution in [0.3, 0.4) is 0 Å². The molecule has 3 heterocycles. The molecule has 2 aliphatic rings. The van der Waals surface area contributed by atoms with Crippen LogP contribution >= 0.6 is 0 Å². The first-order valence-corrected chi connectivity index (χ1v) is 8.83. The first-order chi connectivity index (χ1) is 12.6. The maximum absolute atomic E-state index is 13.0. The third-order valence-corrected chi connectivity index (χ3v) is 5.21. The van der Waals surface area contributed by atoms with E-state index in [9.17, 15) is 13.6 Å². The van der Waals surface area contributed by atoms with E-state index in [0.29, 0.717) is 30.9 Å². The molecule has 0 radical (unpaired) electrons. The van der Waals surface area contributed by atoms with Gasteiger partial charge in [0.2, 0.25) is 5.95 Å². The lowest BCUT2D eigenvalue weighted by molar-refractivity contribution is -0.118. The van der Waals surface area contributed by atoms with Crippen molar-refractivity contribution >= 4 is 11.7 Å². The van der Waals surface area contributed by atoms with Crippen molar-refractivity contribution in [2.75, 3.05) is 24.5 Å². The molecule has 1 aromatic heterocycles. The number of hydrogen-bond donors (Lipinski definition) is 0. The van der Waals surface area contributed by atoms with E-state index in [1.807, 2.05) is 0 Å². The highest BCUT2D eigenvalue weighted by molar-refractivity contribution is 5.81. The van der Waals surface area contributed by atoms with Gasteiger partial charge in [-0.25, -0.2) is 18.7 Å². The minimum absolute atomic E-state index is 0.165. The summed E-state index contributed by atoms with van der Waals surface area (Å²) in [7, 11) is 0. The number of benzene rings is 1. The number of nitrogens with zero attached hydrogens (tertiary/aromatic N) is 4. The van der Waals surface area contributed by atoms with Crippen molar-refractivity contribution in [2.45, 2.75) is 31.3 Å². The molecule has 7 heteroatoms. The fraction of sp³-hybridized carbons (Fsp3) is 0.421. The zero-order valence-electron chi connectivity index (χ0n) is 14.3. The Labute approximate surface area is 150 Å². The number of halogens is 2. The zero-order valence-corrected chi connectivity index (χ0v) is 14.3. The Morgan fingerprint density at radius 2 is 1.77 bits per heavy atom. The van der Waals surface area contributed by atoms with Crippen LogP contribution in [-0.4, -0.2) is 52.4 Å². The molecular formula is C19H20F2N4O. The quantitative estimate of drug-likeness (QED) is 0.793. The highest BCUT2D eigenvalue weighted by Crippen LogP contribution is 2.32. The summed E-state index contributed by atoms with van der Waals surface area (Å²) in [5, 5.41) is 0. The number of fused-ring (bicyclic) bond motifs is 2. The molecule has 0 aliphatic carbocycles. The predicted octanol–water partition coefficient (Wildman–Crippen LogP) is 2.22. The Morgan fingerprint density at radius 1 is 1.04 bits per heavy atom. The second kappa shape index (κ2) is 7.07. The van der Waals surface area contributed by atoms with Gasteiger partial charge in [0.05, 0.1) is 12.4 Å². The summed E-state index contributed by atoms with van der Waals surface area (Å²) < 4.78 is 25.9. The van der Waals surface area contributed by atoms with E-state index in [1.165, 1.54) is 24.5 Å². The summed E-state index contributed by atoms with van der Waals surface area (Å²) in [6.45, 7) is 2.41. The van der Waals surface area contributed by atoms with E-state index >= 15 is 0 Å². The molecule has 0 saturated carbocycles. The number of hydrogen-bond acceptors (Lipinski definition) is 5. The normalized spacial score (nSPS) is 22.2. The van der Waals surface area contributed by atoms with Crippen molar-refractivity contribution in [3.63, 3.8) is 0 Å². The number of ketones is 1. The molecule has 2 fully saturated rings. The van der Waals surface area contributed by atoms with Crippen LogP contribution in [0.4, 0.5) is 14.7 Å². The zero-order chi connectivity index (χ0) is 18.1. The van der Waals surface area contributed by atoms with Crippen molar-refractivity contribution in [3.05, 3.63) is 53.9 Å². The standard InChI is InChI=1S/C19H20F2N4O/c20-14-3-1-13(2-4-14)7-18(26)5-6-24-11-17-8-16(24)12-25(17)19-22-9-15(21)10-23-19/h1-4,9-10,16-17H,5-8,11-12H2/t16-,17-/m0/s1. The van der Waals surface area contributed by atoms with E-state index in [-0.39, 0.29) is 11.6 Å². The van der Waals surface area contributed by atoms with Gasteiger partial charge in [-0.3, -0.25) is 9.69 Å². The first kappa shape index (κ1) is 17.0. The molecule has 2 atom stereocenters. The van der Waals surface area contributed by atoms with E-state index in [2.05, 4.69) is 19.8 Å². The minimum atomic E-state index is -0.431. The van der Waals surface area contributed by atoms with Crippen LogP contribution in [0.25, 0.3) is 0 Å².